The third-order valence-electron chi connectivity index (χ3n) is 3.54. The number of hydrogen-bond acceptors (Lipinski definition) is 5. The monoisotopic (exact) mass is 316 g/mol. The molecule has 0 aliphatic carbocycles. The summed E-state index contributed by atoms with van der Waals surface area (Å²) in [5, 5.41) is 0. The van der Waals surface area contributed by atoms with Crippen LogP contribution in [0, 0.1) is 0 Å². The Balaban J connectivity index is 1.89. The average molecular weight is 316 g/mol. The van der Waals surface area contributed by atoms with E-state index in [9.17, 15) is 9.59 Å². The number of amides is 2. The molecule has 2 heterocycles. The van der Waals surface area contributed by atoms with Crippen LogP contribution in [0.5, 0.6) is 0 Å². The number of hydrogen-bond donors (Lipinski definition) is 0. The number of likely N-dealkylation sites (N-methyl/N-ethyl adjacent to an activating group) is 1. The number of nitrogens with zero attached hydrogens (tertiary/aromatic N) is 4. The van der Waals surface area contributed by atoms with Gasteiger partial charge < -0.3 is 9.80 Å². The lowest BCUT2D eigenvalue weighted by Crippen LogP contribution is -2.47. The van der Waals surface area contributed by atoms with Gasteiger partial charge in [0.15, 0.2) is 0 Å². The van der Waals surface area contributed by atoms with Gasteiger partial charge in [0.1, 0.15) is 11.7 Å². The first-order valence-corrected chi connectivity index (χ1v) is 8.05. The Morgan fingerprint density at radius 2 is 2.00 bits per heavy atom. The van der Waals surface area contributed by atoms with E-state index in [1.54, 1.807) is 30.8 Å². The zero-order valence-electron chi connectivity index (χ0n) is 12.4. The van der Waals surface area contributed by atoms with Gasteiger partial charge in [0, 0.05) is 19.8 Å². The molecule has 1 aromatic heterocycles. The van der Waals surface area contributed by atoms with Crippen LogP contribution in [0.1, 0.15) is 10.5 Å². The largest absolute Gasteiger partial charge is 0.347 e. The molecule has 1 aliphatic heterocycles. The zero-order chi connectivity index (χ0) is 15.7. The maximum atomic E-state index is 12.7. The summed E-state index contributed by atoms with van der Waals surface area (Å²) in [4.78, 5) is 36.6. The fourth-order valence-corrected chi connectivity index (χ4v) is 3.50. The van der Waals surface area contributed by atoms with Gasteiger partial charge in [-0.15, -0.1) is 11.8 Å². The van der Waals surface area contributed by atoms with Gasteiger partial charge in [-0.25, -0.2) is 4.98 Å². The molecular formula is C15H16N4O2S. The molecular weight excluding hydrogens is 300 g/mol. The molecule has 0 saturated carbocycles. The number of rotatable bonds is 2. The number of para-hydroxylation sites is 2. The van der Waals surface area contributed by atoms with E-state index in [2.05, 4.69) is 9.97 Å². The number of carbonyl (C=O) groups excluding carboxylic acids is 2. The van der Waals surface area contributed by atoms with Crippen LogP contribution in [0.3, 0.4) is 0 Å². The van der Waals surface area contributed by atoms with Gasteiger partial charge in [-0.05, 0) is 12.1 Å². The number of thioether (sulfide) groups is 1. The minimum Gasteiger partial charge on any atom is -0.347 e. The van der Waals surface area contributed by atoms with E-state index < -0.39 is 6.04 Å². The van der Waals surface area contributed by atoms with Gasteiger partial charge >= 0.3 is 0 Å². The number of benzene rings is 1. The quantitative estimate of drug-likeness (QED) is 0.834. The van der Waals surface area contributed by atoms with Gasteiger partial charge in [-0.2, -0.15) is 0 Å². The molecule has 0 unspecified atom stereocenters. The second-order valence-corrected chi connectivity index (χ2v) is 6.27. The highest BCUT2D eigenvalue weighted by molar-refractivity contribution is 7.99. The van der Waals surface area contributed by atoms with E-state index in [1.807, 2.05) is 24.3 Å². The van der Waals surface area contributed by atoms with Gasteiger partial charge in [0.05, 0.1) is 23.1 Å². The van der Waals surface area contributed by atoms with Crippen LogP contribution in [0.15, 0.2) is 30.5 Å². The predicted octanol–water partition coefficient (Wildman–Crippen LogP) is 1.23. The van der Waals surface area contributed by atoms with Crippen molar-refractivity contribution in [2.45, 2.75) is 6.04 Å². The van der Waals surface area contributed by atoms with Crippen molar-refractivity contribution in [1.82, 2.24) is 19.8 Å². The first-order chi connectivity index (χ1) is 10.6. The van der Waals surface area contributed by atoms with Crippen LogP contribution in [0.2, 0.25) is 0 Å². The molecule has 1 saturated heterocycles. The summed E-state index contributed by atoms with van der Waals surface area (Å²) in [5.41, 5.74) is 1.70. The van der Waals surface area contributed by atoms with Crippen molar-refractivity contribution in [2.75, 3.05) is 25.7 Å². The van der Waals surface area contributed by atoms with Crippen molar-refractivity contribution in [3.63, 3.8) is 0 Å². The van der Waals surface area contributed by atoms with Crippen molar-refractivity contribution < 1.29 is 9.59 Å². The molecule has 2 amide bonds. The van der Waals surface area contributed by atoms with Crippen LogP contribution < -0.4 is 0 Å². The van der Waals surface area contributed by atoms with Gasteiger partial charge in [-0.3, -0.25) is 14.6 Å². The van der Waals surface area contributed by atoms with Crippen LogP contribution in [0.4, 0.5) is 0 Å². The minimum atomic E-state index is -0.430. The number of aromatic nitrogens is 2. The Bertz CT molecular complexity index is 734. The maximum Gasteiger partial charge on any atom is 0.275 e. The van der Waals surface area contributed by atoms with Crippen molar-refractivity contribution >= 4 is 34.6 Å². The average Bonchev–Trinajstić information content (AvgIpc) is 3.02. The van der Waals surface area contributed by atoms with E-state index in [1.165, 1.54) is 11.1 Å². The molecule has 1 fully saturated rings. The summed E-state index contributed by atoms with van der Waals surface area (Å²) in [5.74, 6) is 0.803. The normalized spacial score (nSPS) is 17.7. The summed E-state index contributed by atoms with van der Waals surface area (Å²) in [6.07, 6.45) is 1.48. The maximum absolute atomic E-state index is 12.7. The van der Waals surface area contributed by atoms with Crippen molar-refractivity contribution in [3.8, 4) is 0 Å². The molecule has 0 N–H and O–H groups in total. The molecule has 1 aliphatic rings. The first-order valence-electron chi connectivity index (χ1n) is 6.89. The van der Waals surface area contributed by atoms with Gasteiger partial charge in [0.25, 0.3) is 5.91 Å². The highest BCUT2D eigenvalue weighted by Crippen LogP contribution is 2.24. The van der Waals surface area contributed by atoms with E-state index in [-0.39, 0.29) is 17.5 Å². The molecule has 114 valence electrons. The van der Waals surface area contributed by atoms with Gasteiger partial charge in [0.2, 0.25) is 5.91 Å². The Morgan fingerprint density at radius 1 is 1.27 bits per heavy atom. The highest BCUT2D eigenvalue weighted by atomic mass is 32.2. The van der Waals surface area contributed by atoms with Gasteiger partial charge in [-0.1, -0.05) is 12.1 Å². The van der Waals surface area contributed by atoms with E-state index in [0.29, 0.717) is 17.1 Å². The van der Waals surface area contributed by atoms with Crippen molar-refractivity contribution in [2.24, 2.45) is 0 Å². The standard InChI is InChI=1S/C15H16N4O2S/c1-18(2)15(21)13-8-22-9-19(13)14(20)12-7-16-10-5-3-4-6-11(10)17-12/h3-7,13H,8-9H2,1-2H3/t13-/m0/s1. The molecule has 1 aromatic carbocycles. The molecule has 6 nitrogen and oxygen atoms in total. The molecule has 1 atom stereocenters. The Kier molecular flexibility index (Phi) is 3.98. The van der Waals surface area contributed by atoms with E-state index in [4.69, 9.17) is 0 Å². The van der Waals surface area contributed by atoms with Crippen LogP contribution >= 0.6 is 11.8 Å². The van der Waals surface area contributed by atoms with Crippen LogP contribution in [-0.2, 0) is 4.79 Å². The molecule has 22 heavy (non-hydrogen) atoms. The van der Waals surface area contributed by atoms with Crippen molar-refractivity contribution in [1.29, 1.82) is 0 Å². The highest BCUT2D eigenvalue weighted by Gasteiger charge is 2.36. The summed E-state index contributed by atoms with van der Waals surface area (Å²) < 4.78 is 0. The van der Waals surface area contributed by atoms with Crippen LogP contribution in [0.25, 0.3) is 11.0 Å². The van der Waals surface area contributed by atoms with E-state index >= 15 is 0 Å². The first kappa shape index (κ1) is 14.8. The number of fused-ring (bicyclic) bond motifs is 1. The third-order valence-corrected chi connectivity index (χ3v) is 4.55. The smallest absolute Gasteiger partial charge is 0.275 e. The summed E-state index contributed by atoms with van der Waals surface area (Å²) in [7, 11) is 3.40. The molecule has 3 rings (SSSR count). The Hall–Kier alpha value is -2.15. The predicted molar refractivity (Wildman–Crippen MR) is 85.5 cm³/mol. The van der Waals surface area contributed by atoms with E-state index in [0.717, 1.165) is 5.52 Å². The SMILES string of the molecule is CN(C)C(=O)[C@@H]1CSCN1C(=O)c1cnc2ccccc2n1. The fourth-order valence-electron chi connectivity index (χ4n) is 2.35. The molecule has 0 bridgehead atoms. The molecule has 0 radical (unpaired) electrons. The summed E-state index contributed by atoms with van der Waals surface area (Å²) in [6.45, 7) is 0. The van der Waals surface area contributed by atoms with Crippen molar-refractivity contribution in [3.05, 3.63) is 36.2 Å². The minimum absolute atomic E-state index is 0.0629. The molecule has 2 aromatic rings. The lowest BCUT2D eigenvalue weighted by atomic mass is 10.2. The second kappa shape index (κ2) is 5.92. The zero-order valence-corrected chi connectivity index (χ0v) is 13.2. The molecule has 0 spiro atoms. The summed E-state index contributed by atoms with van der Waals surface area (Å²) >= 11 is 1.57. The lowest BCUT2D eigenvalue weighted by molar-refractivity contribution is -0.132. The molecule has 7 heteroatoms. The second-order valence-electron chi connectivity index (χ2n) is 5.27. The third kappa shape index (κ3) is 2.64. The van der Waals surface area contributed by atoms with Crippen LogP contribution in [-0.4, -0.2) is 63.3 Å². The number of carbonyl (C=O) groups is 2. The summed E-state index contributed by atoms with van der Waals surface area (Å²) in [6, 6.07) is 6.97. The topological polar surface area (TPSA) is 66.4 Å². The Labute approximate surface area is 132 Å². The lowest BCUT2D eigenvalue weighted by Gasteiger charge is -2.25. The Morgan fingerprint density at radius 3 is 2.73 bits per heavy atom. The fraction of sp³-hybridized carbons (Fsp3) is 0.333.